The van der Waals surface area contributed by atoms with Gasteiger partial charge in [0.15, 0.2) is 5.17 Å². The fourth-order valence-electron chi connectivity index (χ4n) is 1.74. The molecule has 0 aromatic carbocycles. The van der Waals surface area contributed by atoms with Crippen molar-refractivity contribution in [3.05, 3.63) is 0 Å². The van der Waals surface area contributed by atoms with Crippen LogP contribution in [0.1, 0.15) is 39.5 Å². The molecule has 5 heteroatoms. The summed E-state index contributed by atoms with van der Waals surface area (Å²) in [6.07, 6.45) is 3.45. The summed E-state index contributed by atoms with van der Waals surface area (Å²) in [6.45, 7) is 5.25. The zero-order chi connectivity index (χ0) is 12.7. The largest absolute Gasteiger partial charge is 0.370 e. The van der Waals surface area contributed by atoms with Crippen molar-refractivity contribution in [3.63, 3.8) is 0 Å². The highest BCUT2D eigenvalue weighted by molar-refractivity contribution is 8.13. The van der Waals surface area contributed by atoms with Gasteiger partial charge in [0, 0.05) is 24.8 Å². The number of hydrogen-bond acceptors (Lipinski definition) is 3. The average Bonchev–Trinajstić information content (AvgIpc) is 2.28. The zero-order valence-corrected chi connectivity index (χ0v) is 11.6. The lowest BCUT2D eigenvalue weighted by Crippen LogP contribution is -2.41. The Morgan fingerprint density at radius 1 is 1.59 bits per heavy atom. The Morgan fingerprint density at radius 2 is 2.35 bits per heavy atom. The predicted octanol–water partition coefficient (Wildman–Crippen LogP) is 1.75. The van der Waals surface area contributed by atoms with Crippen LogP contribution in [-0.2, 0) is 4.79 Å². The summed E-state index contributed by atoms with van der Waals surface area (Å²) in [5.41, 5.74) is 5.08. The molecule has 0 aromatic heterocycles. The van der Waals surface area contributed by atoms with Crippen LogP contribution in [0.15, 0.2) is 4.99 Å². The lowest BCUT2D eigenvalue weighted by atomic mass is 10.0. The van der Waals surface area contributed by atoms with Crippen LogP contribution < -0.4 is 11.1 Å². The SMILES string of the molecule is CC(C)C1CCSC(=NCCCCC(N)=O)N1. The fourth-order valence-corrected chi connectivity index (χ4v) is 2.72. The molecular weight excluding hydrogens is 234 g/mol. The van der Waals surface area contributed by atoms with Gasteiger partial charge < -0.3 is 11.1 Å². The third-order valence-corrected chi connectivity index (χ3v) is 3.83. The van der Waals surface area contributed by atoms with Gasteiger partial charge in [0.2, 0.25) is 5.91 Å². The molecule has 4 nitrogen and oxygen atoms in total. The molecule has 0 bridgehead atoms. The molecule has 0 saturated carbocycles. The van der Waals surface area contributed by atoms with Crippen molar-refractivity contribution >= 4 is 22.8 Å². The highest BCUT2D eigenvalue weighted by atomic mass is 32.2. The quantitative estimate of drug-likeness (QED) is 0.712. The molecule has 1 unspecified atom stereocenters. The van der Waals surface area contributed by atoms with Gasteiger partial charge in [-0.1, -0.05) is 25.6 Å². The first-order chi connectivity index (χ1) is 8.09. The molecule has 0 aliphatic carbocycles. The number of primary amides is 1. The second-order valence-electron chi connectivity index (χ2n) is 4.74. The number of nitrogens with one attached hydrogen (secondary N) is 1. The summed E-state index contributed by atoms with van der Waals surface area (Å²) < 4.78 is 0. The van der Waals surface area contributed by atoms with E-state index in [2.05, 4.69) is 24.2 Å². The highest BCUT2D eigenvalue weighted by Gasteiger charge is 2.19. The Hall–Kier alpha value is -0.710. The molecule has 1 rings (SSSR count). The van der Waals surface area contributed by atoms with Gasteiger partial charge in [0.1, 0.15) is 0 Å². The van der Waals surface area contributed by atoms with Crippen LogP contribution in [0.4, 0.5) is 0 Å². The topological polar surface area (TPSA) is 67.5 Å². The van der Waals surface area contributed by atoms with Gasteiger partial charge in [-0.3, -0.25) is 9.79 Å². The summed E-state index contributed by atoms with van der Waals surface area (Å²) in [5.74, 6) is 1.58. The molecule has 1 aliphatic rings. The van der Waals surface area contributed by atoms with E-state index in [4.69, 9.17) is 5.73 Å². The number of thioether (sulfide) groups is 1. The number of aliphatic imine (C=N–C) groups is 1. The van der Waals surface area contributed by atoms with Gasteiger partial charge in [-0.15, -0.1) is 0 Å². The van der Waals surface area contributed by atoms with Crippen LogP contribution in [0.3, 0.4) is 0 Å². The summed E-state index contributed by atoms with van der Waals surface area (Å²) in [6, 6.07) is 0.556. The Bertz CT molecular complexity index is 279. The number of rotatable bonds is 6. The van der Waals surface area contributed by atoms with Gasteiger partial charge in [-0.05, 0) is 25.2 Å². The first-order valence-corrected chi connectivity index (χ1v) is 7.30. The van der Waals surface area contributed by atoms with Crippen LogP contribution in [0.2, 0.25) is 0 Å². The van der Waals surface area contributed by atoms with E-state index in [-0.39, 0.29) is 5.91 Å². The second kappa shape index (κ2) is 7.58. The molecular formula is C12H23N3OS. The van der Waals surface area contributed by atoms with E-state index in [9.17, 15) is 4.79 Å². The van der Waals surface area contributed by atoms with E-state index < -0.39 is 0 Å². The van der Waals surface area contributed by atoms with Crippen molar-refractivity contribution in [3.8, 4) is 0 Å². The summed E-state index contributed by atoms with van der Waals surface area (Å²) >= 11 is 1.80. The maximum atomic E-state index is 10.6. The Labute approximate surface area is 108 Å². The lowest BCUT2D eigenvalue weighted by Gasteiger charge is -2.28. The van der Waals surface area contributed by atoms with E-state index in [1.165, 1.54) is 6.42 Å². The van der Waals surface area contributed by atoms with Crippen molar-refractivity contribution < 1.29 is 4.79 Å². The molecule has 1 heterocycles. The number of carbonyl (C=O) groups is 1. The average molecular weight is 257 g/mol. The van der Waals surface area contributed by atoms with Gasteiger partial charge in [0.25, 0.3) is 0 Å². The lowest BCUT2D eigenvalue weighted by molar-refractivity contribution is -0.118. The molecule has 98 valence electrons. The normalized spacial score (nSPS) is 22.8. The van der Waals surface area contributed by atoms with Crippen molar-refractivity contribution in [1.82, 2.24) is 5.32 Å². The molecule has 1 atom stereocenters. The maximum absolute atomic E-state index is 10.6. The maximum Gasteiger partial charge on any atom is 0.217 e. The molecule has 1 amide bonds. The van der Waals surface area contributed by atoms with Crippen molar-refractivity contribution in [2.45, 2.75) is 45.6 Å². The molecule has 17 heavy (non-hydrogen) atoms. The molecule has 3 N–H and O–H groups in total. The van der Waals surface area contributed by atoms with Crippen molar-refractivity contribution in [1.29, 1.82) is 0 Å². The van der Waals surface area contributed by atoms with Gasteiger partial charge in [-0.2, -0.15) is 0 Å². The van der Waals surface area contributed by atoms with Crippen LogP contribution in [0.25, 0.3) is 0 Å². The summed E-state index contributed by atoms with van der Waals surface area (Å²) in [7, 11) is 0. The van der Waals surface area contributed by atoms with E-state index >= 15 is 0 Å². The standard InChI is InChI=1S/C12H23N3OS/c1-9(2)10-6-8-17-12(15-10)14-7-4-3-5-11(13)16/h9-10H,3-8H2,1-2H3,(H2,13,16)(H,14,15). The smallest absolute Gasteiger partial charge is 0.217 e. The van der Waals surface area contributed by atoms with Crippen molar-refractivity contribution in [2.24, 2.45) is 16.6 Å². The minimum Gasteiger partial charge on any atom is -0.370 e. The van der Waals surface area contributed by atoms with E-state index in [1.807, 2.05) is 0 Å². The molecule has 0 radical (unpaired) electrons. The van der Waals surface area contributed by atoms with E-state index in [0.717, 1.165) is 30.3 Å². The minimum atomic E-state index is -0.220. The summed E-state index contributed by atoms with van der Waals surface area (Å²) in [5, 5.41) is 4.54. The van der Waals surface area contributed by atoms with Crippen molar-refractivity contribution in [2.75, 3.05) is 12.3 Å². The van der Waals surface area contributed by atoms with Crippen LogP contribution >= 0.6 is 11.8 Å². The Kier molecular flexibility index (Phi) is 6.40. The number of amides is 1. The number of nitrogens with zero attached hydrogens (tertiary/aromatic N) is 1. The molecule has 1 saturated heterocycles. The molecule has 1 fully saturated rings. The Balaban J connectivity index is 2.22. The number of nitrogens with two attached hydrogens (primary N) is 1. The van der Waals surface area contributed by atoms with E-state index in [0.29, 0.717) is 18.4 Å². The zero-order valence-electron chi connectivity index (χ0n) is 10.7. The monoisotopic (exact) mass is 257 g/mol. The summed E-state index contributed by atoms with van der Waals surface area (Å²) in [4.78, 5) is 15.1. The third-order valence-electron chi connectivity index (χ3n) is 2.87. The first kappa shape index (κ1) is 14.4. The van der Waals surface area contributed by atoms with Gasteiger partial charge in [0.05, 0.1) is 0 Å². The first-order valence-electron chi connectivity index (χ1n) is 6.31. The second-order valence-corrected chi connectivity index (χ2v) is 5.83. The van der Waals surface area contributed by atoms with Gasteiger partial charge >= 0.3 is 0 Å². The highest BCUT2D eigenvalue weighted by Crippen LogP contribution is 2.18. The van der Waals surface area contributed by atoms with Crippen LogP contribution in [0, 0.1) is 5.92 Å². The molecule has 1 aliphatic heterocycles. The number of amidine groups is 1. The number of unbranched alkanes of at least 4 members (excludes halogenated alkanes) is 1. The number of carbonyl (C=O) groups excluding carboxylic acids is 1. The fraction of sp³-hybridized carbons (Fsp3) is 0.833. The molecule has 0 aromatic rings. The van der Waals surface area contributed by atoms with Gasteiger partial charge in [-0.25, -0.2) is 0 Å². The third kappa shape index (κ3) is 5.96. The molecule has 0 spiro atoms. The minimum absolute atomic E-state index is 0.220. The predicted molar refractivity (Wildman–Crippen MR) is 74.2 cm³/mol. The number of hydrogen-bond donors (Lipinski definition) is 2. The van der Waals surface area contributed by atoms with Crippen LogP contribution in [-0.4, -0.2) is 29.4 Å². The van der Waals surface area contributed by atoms with Crippen LogP contribution in [0.5, 0.6) is 0 Å². The van der Waals surface area contributed by atoms with E-state index in [1.54, 1.807) is 11.8 Å². The Morgan fingerprint density at radius 3 is 3.00 bits per heavy atom.